The molecule has 2 aromatic rings. The molecule has 1 aromatic carbocycles. The summed E-state index contributed by atoms with van der Waals surface area (Å²) >= 11 is 1.92. The van der Waals surface area contributed by atoms with Crippen molar-refractivity contribution in [2.75, 3.05) is 12.3 Å². The second kappa shape index (κ2) is 5.50. The minimum Gasteiger partial charge on any atom is -0.481 e. The summed E-state index contributed by atoms with van der Waals surface area (Å²) < 4.78 is 2.14. The number of rotatable bonds is 4. The molecule has 1 saturated heterocycles. The highest BCUT2D eigenvalue weighted by Crippen LogP contribution is 2.38. The Hall–Kier alpha value is -1.46. The highest BCUT2D eigenvalue weighted by Gasteiger charge is 2.24. The normalized spacial score (nSPS) is 18.8. The van der Waals surface area contributed by atoms with Gasteiger partial charge in [0.05, 0.1) is 11.8 Å². The van der Waals surface area contributed by atoms with Gasteiger partial charge in [0.15, 0.2) is 0 Å². The van der Waals surface area contributed by atoms with Crippen LogP contribution < -0.4 is 5.32 Å². The first-order valence-electron chi connectivity index (χ1n) is 6.83. The summed E-state index contributed by atoms with van der Waals surface area (Å²) in [5.74, 6) is 0.371. The van der Waals surface area contributed by atoms with Crippen molar-refractivity contribution in [2.24, 2.45) is 0 Å². The largest absolute Gasteiger partial charge is 0.481 e. The van der Waals surface area contributed by atoms with E-state index in [2.05, 4.69) is 28.9 Å². The first-order valence-corrected chi connectivity index (χ1v) is 7.88. The van der Waals surface area contributed by atoms with Gasteiger partial charge in [0.2, 0.25) is 0 Å². The molecule has 0 spiro atoms. The first kappa shape index (κ1) is 13.5. The van der Waals surface area contributed by atoms with E-state index >= 15 is 0 Å². The van der Waals surface area contributed by atoms with Crippen LogP contribution >= 0.6 is 11.8 Å². The average Bonchev–Trinajstić information content (AvgIpc) is 3.02. The summed E-state index contributed by atoms with van der Waals surface area (Å²) in [7, 11) is 0. The quantitative estimate of drug-likeness (QED) is 0.909. The fourth-order valence-electron chi connectivity index (χ4n) is 2.90. The van der Waals surface area contributed by atoms with E-state index in [4.69, 9.17) is 5.11 Å². The molecule has 1 aliphatic rings. The molecule has 1 aromatic heterocycles. The maximum atomic E-state index is 10.9. The van der Waals surface area contributed by atoms with Gasteiger partial charge in [-0.15, -0.1) is 11.8 Å². The third-order valence-electron chi connectivity index (χ3n) is 3.81. The summed E-state index contributed by atoms with van der Waals surface area (Å²) in [6.45, 7) is 3.65. The van der Waals surface area contributed by atoms with Crippen LogP contribution in [0.15, 0.2) is 24.3 Å². The van der Waals surface area contributed by atoms with Crippen LogP contribution in [0.3, 0.4) is 0 Å². The summed E-state index contributed by atoms with van der Waals surface area (Å²) in [5, 5.41) is 14.0. The second-order valence-corrected chi connectivity index (χ2v) is 6.23. The van der Waals surface area contributed by atoms with Gasteiger partial charge in [0.25, 0.3) is 0 Å². The molecule has 106 valence electrons. The number of aliphatic carboxylic acids is 1. The molecule has 1 unspecified atom stereocenters. The molecule has 2 N–H and O–H groups in total. The van der Waals surface area contributed by atoms with Gasteiger partial charge < -0.3 is 15.0 Å². The maximum Gasteiger partial charge on any atom is 0.305 e. The molecule has 0 amide bonds. The van der Waals surface area contributed by atoms with Crippen molar-refractivity contribution in [2.45, 2.75) is 25.3 Å². The number of thioether (sulfide) groups is 1. The van der Waals surface area contributed by atoms with Gasteiger partial charge in [0, 0.05) is 41.0 Å². The van der Waals surface area contributed by atoms with Crippen molar-refractivity contribution in [1.82, 2.24) is 9.88 Å². The molecule has 5 heteroatoms. The Morgan fingerprint density at radius 2 is 2.30 bits per heavy atom. The van der Waals surface area contributed by atoms with Crippen LogP contribution in [0.1, 0.15) is 23.1 Å². The summed E-state index contributed by atoms with van der Waals surface area (Å²) in [6, 6.07) is 8.27. The molecule has 1 atom stereocenters. The topological polar surface area (TPSA) is 54.3 Å². The Bertz CT molecular complexity index is 645. The summed E-state index contributed by atoms with van der Waals surface area (Å²) in [5.41, 5.74) is 3.63. The Kier molecular flexibility index (Phi) is 3.72. The lowest BCUT2D eigenvalue weighted by Crippen LogP contribution is -2.13. The number of nitrogens with zero attached hydrogens (tertiary/aromatic N) is 1. The summed E-state index contributed by atoms with van der Waals surface area (Å²) in [4.78, 5) is 10.9. The van der Waals surface area contributed by atoms with Crippen LogP contribution in [-0.4, -0.2) is 27.9 Å². The van der Waals surface area contributed by atoms with E-state index in [0.29, 0.717) is 11.9 Å². The van der Waals surface area contributed by atoms with E-state index in [1.165, 1.54) is 16.6 Å². The van der Waals surface area contributed by atoms with Crippen LogP contribution in [0.5, 0.6) is 0 Å². The molecule has 1 fully saturated rings. The molecule has 1 aliphatic heterocycles. The molecule has 20 heavy (non-hydrogen) atoms. The van der Waals surface area contributed by atoms with Crippen molar-refractivity contribution < 1.29 is 9.90 Å². The Labute approximate surface area is 122 Å². The molecular weight excluding hydrogens is 272 g/mol. The van der Waals surface area contributed by atoms with Crippen LogP contribution in [0, 0.1) is 6.92 Å². The third-order valence-corrected chi connectivity index (χ3v) is 4.98. The number of carbonyl (C=O) groups is 1. The minimum atomic E-state index is -0.753. The van der Waals surface area contributed by atoms with Crippen molar-refractivity contribution >= 4 is 28.6 Å². The standard InChI is InChI=1S/C15H18N2O2S/c1-10-14(15-16-7-9-20-15)11-4-2-3-5-12(11)17(10)8-6-13(18)19/h2-5,15-16H,6-9H2,1H3,(H,18,19). The summed E-state index contributed by atoms with van der Waals surface area (Å²) in [6.07, 6.45) is 0.157. The first-order chi connectivity index (χ1) is 9.68. The zero-order valence-electron chi connectivity index (χ0n) is 11.4. The fourth-order valence-corrected chi connectivity index (χ4v) is 4.07. The van der Waals surface area contributed by atoms with Crippen molar-refractivity contribution in [3.8, 4) is 0 Å². The lowest BCUT2D eigenvalue weighted by atomic mass is 10.1. The Morgan fingerprint density at radius 3 is 3.00 bits per heavy atom. The van der Waals surface area contributed by atoms with Crippen molar-refractivity contribution in [1.29, 1.82) is 0 Å². The number of benzene rings is 1. The number of hydrogen-bond acceptors (Lipinski definition) is 3. The zero-order valence-corrected chi connectivity index (χ0v) is 12.2. The highest BCUT2D eigenvalue weighted by atomic mass is 32.2. The predicted molar refractivity (Wildman–Crippen MR) is 82.1 cm³/mol. The fraction of sp³-hybridized carbons (Fsp3) is 0.400. The molecule has 3 rings (SSSR count). The zero-order chi connectivity index (χ0) is 14.1. The number of fused-ring (bicyclic) bond motifs is 1. The molecular formula is C15H18N2O2S. The van der Waals surface area contributed by atoms with Crippen molar-refractivity contribution in [3.63, 3.8) is 0 Å². The number of carboxylic acid groups (broad SMARTS) is 1. The van der Waals surface area contributed by atoms with Gasteiger partial charge in [-0.2, -0.15) is 0 Å². The van der Waals surface area contributed by atoms with Crippen LogP contribution in [0.2, 0.25) is 0 Å². The number of nitrogens with one attached hydrogen (secondary N) is 1. The monoisotopic (exact) mass is 290 g/mol. The SMILES string of the molecule is Cc1c(C2NCCS2)c2ccccc2n1CCC(=O)O. The smallest absolute Gasteiger partial charge is 0.305 e. The van der Waals surface area contributed by atoms with Gasteiger partial charge in [-0.3, -0.25) is 4.79 Å². The average molecular weight is 290 g/mol. The molecule has 4 nitrogen and oxygen atoms in total. The van der Waals surface area contributed by atoms with Gasteiger partial charge in [-0.25, -0.2) is 0 Å². The van der Waals surface area contributed by atoms with Crippen LogP contribution in [-0.2, 0) is 11.3 Å². The minimum absolute atomic E-state index is 0.157. The molecule has 0 aliphatic carbocycles. The molecule has 0 saturated carbocycles. The van der Waals surface area contributed by atoms with E-state index in [0.717, 1.165) is 17.8 Å². The van der Waals surface area contributed by atoms with Gasteiger partial charge in [0.1, 0.15) is 0 Å². The lowest BCUT2D eigenvalue weighted by molar-refractivity contribution is -0.137. The van der Waals surface area contributed by atoms with E-state index in [1.54, 1.807) is 0 Å². The number of aryl methyl sites for hydroxylation is 1. The lowest BCUT2D eigenvalue weighted by Gasteiger charge is -2.11. The number of carboxylic acids is 1. The van der Waals surface area contributed by atoms with Gasteiger partial charge in [-0.05, 0) is 13.0 Å². The van der Waals surface area contributed by atoms with Crippen LogP contribution in [0.25, 0.3) is 10.9 Å². The number of aromatic nitrogens is 1. The van der Waals surface area contributed by atoms with E-state index in [9.17, 15) is 4.79 Å². The molecule has 2 heterocycles. The van der Waals surface area contributed by atoms with Crippen molar-refractivity contribution in [3.05, 3.63) is 35.5 Å². The molecule has 0 radical (unpaired) electrons. The predicted octanol–water partition coefficient (Wildman–Crippen LogP) is 2.76. The second-order valence-electron chi connectivity index (χ2n) is 5.02. The van der Waals surface area contributed by atoms with Gasteiger partial charge in [-0.1, -0.05) is 18.2 Å². The molecule has 0 bridgehead atoms. The van der Waals surface area contributed by atoms with E-state index in [1.807, 2.05) is 23.9 Å². The third kappa shape index (κ3) is 2.31. The number of hydrogen-bond donors (Lipinski definition) is 2. The Balaban J connectivity index is 2.09. The van der Waals surface area contributed by atoms with E-state index < -0.39 is 5.97 Å². The van der Waals surface area contributed by atoms with Gasteiger partial charge >= 0.3 is 5.97 Å². The van der Waals surface area contributed by atoms with E-state index in [-0.39, 0.29) is 6.42 Å². The highest BCUT2D eigenvalue weighted by molar-refractivity contribution is 7.99. The Morgan fingerprint density at radius 1 is 1.50 bits per heavy atom. The maximum absolute atomic E-state index is 10.9. The van der Waals surface area contributed by atoms with Crippen LogP contribution in [0.4, 0.5) is 0 Å². The number of para-hydroxylation sites is 1.